The molecule has 2 aromatic rings. The predicted molar refractivity (Wildman–Crippen MR) is 89.1 cm³/mol. The van der Waals surface area contributed by atoms with E-state index in [1.165, 1.54) is 7.11 Å². The Hall–Kier alpha value is -1.91. The van der Waals surface area contributed by atoms with Gasteiger partial charge in [0.2, 0.25) is 0 Å². The summed E-state index contributed by atoms with van der Waals surface area (Å²) in [7, 11) is 1.50. The van der Waals surface area contributed by atoms with E-state index in [9.17, 15) is 9.90 Å². The van der Waals surface area contributed by atoms with Gasteiger partial charge in [-0.25, -0.2) is 0 Å². The lowest BCUT2D eigenvalue weighted by Crippen LogP contribution is -2.12. The van der Waals surface area contributed by atoms with Gasteiger partial charge in [0.1, 0.15) is 0 Å². The van der Waals surface area contributed by atoms with Crippen molar-refractivity contribution in [2.75, 3.05) is 12.9 Å². The molecule has 0 saturated carbocycles. The summed E-state index contributed by atoms with van der Waals surface area (Å²) in [6.45, 7) is 0. The molecule has 0 unspecified atom stereocenters. The number of halogens is 1. The smallest absolute Gasteiger partial charge is 0.191 e. The van der Waals surface area contributed by atoms with Gasteiger partial charge in [0.25, 0.3) is 0 Å². The highest BCUT2D eigenvalue weighted by atomic mass is 35.5. The molecule has 1 aliphatic heterocycles. The van der Waals surface area contributed by atoms with E-state index in [4.69, 9.17) is 16.3 Å². The molecular formula is C17H13ClO3S. The van der Waals surface area contributed by atoms with Crippen molar-refractivity contribution >= 4 is 35.2 Å². The Morgan fingerprint density at radius 1 is 1.27 bits per heavy atom. The predicted octanol–water partition coefficient (Wildman–Crippen LogP) is 4.43. The highest BCUT2D eigenvalue weighted by Crippen LogP contribution is 2.35. The van der Waals surface area contributed by atoms with Crippen molar-refractivity contribution in [1.82, 2.24) is 0 Å². The Kier molecular flexibility index (Phi) is 4.14. The molecule has 0 atom stereocenters. The maximum absolute atomic E-state index is 12.6. The summed E-state index contributed by atoms with van der Waals surface area (Å²) in [5, 5.41) is 10.4. The molecule has 5 heteroatoms. The Balaban J connectivity index is 1.96. The molecule has 0 aliphatic carbocycles. The largest absolute Gasteiger partial charge is 0.504 e. The molecule has 3 nitrogen and oxygen atoms in total. The molecule has 112 valence electrons. The SMILES string of the molecule is COc1ccc(/C=C2/CSc3ccc(Cl)cc3C2=O)cc1O. The van der Waals surface area contributed by atoms with Crippen LogP contribution in [-0.2, 0) is 0 Å². The van der Waals surface area contributed by atoms with Gasteiger partial charge in [-0.2, -0.15) is 0 Å². The molecule has 0 aromatic heterocycles. The van der Waals surface area contributed by atoms with Crippen LogP contribution in [0, 0.1) is 0 Å². The summed E-state index contributed by atoms with van der Waals surface area (Å²) in [4.78, 5) is 13.5. The maximum atomic E-state index is 12.6. The van der Waals surface area contributed by atoms with Gasteiger partial charge in [-0.05, 0) is 42.0 Å². The first-order chi connectivity index (χ1) is 10.6. The van der Waals surface area contributed by atoms with Crippen molar-refractivity contribution < 1.29 is 14.6 Å². The van der Waals surface area contributed by atoms with Gasteiger partial charge in [0, 0.05) is 26.8 Å². The lowest BCUT2D eigenvalue weighted by Gasteiger charge is -2.17. The molecule has 1 heterocycles. The molecule has 0 radical (unpaired) electrons. The van der Waals surface area contributed by atoms with Crippen LogP contribution in [0.15, 0.2) is 46.9 Å². The van der Waals surface area contributed by atoms with Crippen LogP contribution in [-0.4, -0.2) is 23.8 Å². The monoisotopic (exact) mass is 332 g/mol. The summed E-state index contributed by atoms with van der Waals surface area (Å²) in [6, 6.07) is 10.4. The summed E-state index contributed by atoms with van der Waals surface area (Å²) in [6.07, 6.45) is 1.79. The topological polar surface area (TPSA) is 46.5 Å². The van der Waals surface area contributed by atoms with E-state index in [1.807, 2.05) is 6.07 Å². The van der Waals surface area contributed by atoms with E-state index in [2.05, 4.69) is 0 Å². The zero-order valence-corrected chi connectivity index (χ0v) is 13.4. The third kappa shape index (κ3) is 2.85. The number of Topliss-reactive ketones (excluding diaryl/α,β-unsaturated/α-hetero) is 1. The van der Waals surface area contributed by atoms with Crippen LogP contribution in [0.25, 0.3) is 6.08 Å². The molecule has 22 heavy (non-hydrogen) atoms. The van der Waals surface area contributed by atoms with Crippen molar-refractivity contribution in [3.63, 3.8) is 0 Å². The average Bonchev–Trinajstić information content (AvgIpc) is 2.51. The zero-order chi connectivity index (χ0) is 15.7. The molecule has 0 amide bonds. The van der Waals surface area contributed by atoms with Gasteiger partial charge in [0.05, 0.1) is 7.11 Å². The van der Waals surface area contributed by atoms with Gasteiger partial charge in [-0.3, -0.25) is 4.79 Å². The fourth-order valence-corrected chi connectivity index (χ4v) is 3.47. The number of fused-ring (bicyclic) bond motifs is 1. The number of ether oxygens (including phenoxy) is 1. The van der Waals surface area contributed by atoms with Crippen molar-refractivity contribution in [2.24, 2.45) is 0 Å². The Labute approximate surface area is 137 Å². The highest BCUT2D eigenvalue weighted by Gasteiger charge is 2.22. The first-order valence-corrected chi connectivity index (χ1v) is 7.99. The first-order valence-electron chi connectivity index (χ1n) is 6.63. The number of phenolic OH excluding ortho intramolecular Hbond substituents is 1. The van der Waals surface area contributed by atoms with E-state index in [0.717, 1.165) is 10.5 Å². The van der Waals surface area contributed by atoms with E-state index >= 15 is 0 Å². The first kappa shape index (κ1) is 15.0. The fraction of sp³-hybridized carbons (Fsp3) is 0.118. The number of ketones is 1. The summed E-state index contributed by atoms with van der Waals surface area (Å²) in [5.41, 5.74) is 2.07. The molecule has 1 N–H and O–H groups in total. The van der Waals surface area contributed by atoms with E-state index in [0.29, 0.717) is 27.7 Å². The van der Waals surface area contributed by atoms with E-state index < -0.39 is 0 Å². The zero-order valence-electron chi connectivity index (χ0n) is 11.8. The van der Waals surface area contributed by atoms with Gasteiger partial charge >= 0.3 is 0 Å². The van der Waals surface area contributed by atoms with Crippen molar-refractivity contribution in [3.8, 4) is 11.5 Å². The lowest BCUT2D eigenvalue weighted by molar-refractivity contribution is 0.103. The van der Waals surface area contributed by atoms with Crippen LogP contribution in [0.3, 0.4) is 0 Å². The number of phenols is 1. The van der Waals surface area contributed by atoms with Crippen LogP contribution < -0.4 is 4.74 Å². The van der Waals surface area contributed by atoms with Crippen molar-refractivity contribution in [2.45, 2.75) is 4.90 Å². The second kappa shape index (κ2) is 6.07. The Bertz CT molecular complexity index is 783. The van der Waals surface area contributed by atoms with Crippen LogP contribution in [0.2, 0.25) is 5.02 Å². The van der Waals surface area contributed by atoms with Gasteiger partial charge in [0.15, 0.2) is 17.3 Å². The maximum Gasteiger partial charge on any atom is 0.191 e. The minimum atomic E-state index is -0.0217. The molecule has 0 bridgehead atoms. The van der Waals surface area contributed by atoms with Crippen LogP contribution in [0.5, 0.6) is 11.5 Å². The third-order valence-electron chi connectivity index (χ3n) is 3.40. The molecule has 0 fully saturated rings. The van der Waals surface area contributed by atoms with Crippen molar-refractivity contribution in [1.29, 1.82) is 0 Å². The fourth-order valence-electron chi connectivity index (χ4n) is 2.30. The number of hydrogen-bond donors (Lipinski definition) is 1. The van der Waals surface area contributed by atoms with Gasteiger partial charge < -0.3 is 9.84 Å². The minimum Gasteiger partial charge on any atom is -0.504 e. The minimum absolute atomic E-state index is 0.0217. The number of carbonyl (C=O) groups is 1. The van der Waals surface area contributed by atoms with Crippen LogP contribution in [0.4, 0.5) is 0 Å². The molecule has 2 aromatic carbocycles. The van der Waals surface area contributed by atoms with Gasteiger partial charge in [-0.15, -0.1) is 11.8 Å². The second-order valence-corrected chi connectivity index (χ2v) is 6.31. The number of hydrogen-bond acceptors (Lipinski definition) is 4. The van der Waals surface area contributed by atoms with Crippen LogP contribution in [0.1, 0.15) is 15.9 Å². The van der Waals surface area contributed by atoms with E-state index in [-0.39, 0.29) is 11.5 Å². The number of benzene rings is 2. The number of methoxy groups -OCH3 is 1. The molecule has 0 saturated heterocycles. The highest BCUT2D eigenvalue weighted by molar-refractivity contribution is 7.99. The number of thioether (sulfide) groups is 1. The summed E-state index contributed by atoms with van der Waals surface area (Å²) >= 11 is 7.58. The van der Waals surface area contributed by atoms with Crippen molar-refractivity contribution in [3.05, 3.63) is 58.1 Å². The van der Waals surface area contributed by atoms with Gasteiger partial charge in [-0.1, -0.05) is 17.7 Å². The Morgan fingerprint density at radius 2 is 2.09 bits per heavy atom. The quantitative estimate of drug-likeness (QED) is 0.827. The molecular weight excluding hydrogens is 320 g/mol. The average molecular weight is 333 g/mol. The Morgan fingerprint density at radius 3 is 2.82 bits per heavy atom. The molecule has 1 aliphatic rings. The normalized spacial score (nSPS) is 15.7. The summed E-state index contributed by atoms with van der Waals surface area (Å²) in [5.74, 6) is 1.03. The second-order valence-electron chi connectivity index (χ2n) is 4.86. The summed E-state index contributed by atoms with van der Waals surface area (Å²) < 4.78 is 5.01. The lowest BCUT2D eigenvalue weighted by atomic mass is 10.0. The third-order valence-corrected chi connectivity index (χ3v) is 4.76. The molecule has 3 rings (SSSR count). The number of rotatable bonds is 2. The van der Waals surface area contributed by atoms with Crippen LogP contribution >= 0.6 is 23.4 Å². The standard InChI is InChI=1S/C17H13ClO3S/c1-21-15-4-2-10(7-14(15)19)6-11-9-22-16-5-3-12(18)8-13(16)17(11)20/h2-8,19H,9H2,1H3/b11-6-. The molecule has 0 spiro atoms. The number of aromatic hydroxyl groups is 1. The number of carbonyl (C=O) groups excluding carboxylic acids is 1. The van der Waals surface area contributed by atoms with E-state index in [1.54, 1.807) is 48.2 Å².